The van der Waals surface area contributed by atoms with E-state index >= 15 is 0 Å². The van der Waals surface area contributed by atoms with E-state index in [2.05, 4.69) is 15.5 Å². The minimum Gasteiger partial charge on any atom is -0.363 e. The van der Waals surface area contributed by atoms with Crippen LogP contribution in [-0.4, -0.2) is 72.7 Å². The maximum absolute atomic E-state index is 12.5. The number of hydrogen-bond donors (Lipinski definition) is 1. The number of anilines is 1. The van der Waals surface area contributed by atoms with Crippen LogP contribution in [-0.2, 0) is 14.8 Å². The van der Waals surface area contributed by atoms with E-state index in [1.54, 1.807) is 18.0 Å². The van der Waals surface area contributed by atoms with Gasteiger partial charge in [0.15, 0.2) is 4.34 Å². The number of nitrogens with zero attached hydrogens (tertiary/aromatic N) is 4. The summed E-state index contributed by atoms with van der Waals surface area (Å²) in [5, 5.41) is 12.8. The standard InChI is InChI=1S/C17H21N5O3S3/c1-18-16-19-20-17(27-16)26-13-15(23)21-8-10-22(11-9-21)28(24,25)12-7-14-5-3-2-4-6-14/h2-7,12H,8-11,13H2,1H3,(H,18,19)/b12-7+. The van der Waals surface area contributed by atoms with Crippen molar-refractivity contribution in [3.63, 3.8) is 0 Å². The smallest absolute Gasteiger partial charge is 0.236 e. The Morgan fingerprint density at radius 3 is 2.57 bits per heavy atom. The van der Waals surface area contributed by atoms with E-state index in [9.17, 15) is 13.2 Å². The monoisotopic (exact) mass is 439 g/mol. The number of nitrogens with one attached hydrogen (secondary N) is 1. The largest absolute Gasteiger partial charge is 0.363 e. The van der Waals surface area contributed by atoms with Crippen molar-refractivity contribution < 1.29 is 13.2 Å². The molecule has 1 saturated heterocycles. The highest BCUT2D eigenvalue weighted by Gasteiger charge is 2.27. The Labute approximate surface area is 172 Å². The molecule has 3 rings (SSSR count). The Hall–Kier alpha value is -1.95. The molecule has 1 fully saturated rings. The van der Waals surface area contributed by atoms with Gasteiger partial charge in [0.25, 0.3) is 0 Å². The van der Waals surface area contributed by atoms with E-state index in [4.69, 9.17) is 0 Å². The summed E-state index contributed by atoms with van der Waals surface area (Å²) < 4.78 is 27.1. The maximum Gasteiger partial charge on any atom is 0.236 e. The van der Waals surface area contributed by atoms with Crippen molar-refractivity contribution in [1.29, 1.82) is 0 Å². The molecule has 0 unspecified atom stereocenters. The van der Waals surface area contributed by atoms with Gasteiger partial charge in [0.05, 0.1) is 5.75 Å². The van der Waals surface area contributed by atoms with E-state index in [1.807, 2.05) is 30.3 Å². The molecule has 1 aliphatic heterocycles. The molecule has 0 spiro atoms. The lowest BCUT2D eigenvalue weighted by Crippen LogP contribution is -2.50. The Balaban J connectivity index is 1.49. The number of hydrogen-bond acceptors (Lipinski definition) is 8. The van der Waals surface area contributed by atoms with Crippen LogP contribution < -0.4 is 5.32 Å². The zero-order chi connectivity index (χ0) is 20.0. The van der Waals surface area contributed by atoms with Crippen LogP contribution in [0, 0.1) is 0 Å². The first-order valence-corrected chi connectivity index (χ1v) is 11.9. The molecule has 0 atom stereocenters. The third-order valence-corrected chi connectivity index (χ3v) is 7.75. The average molecular weight is 440 g/mol. The van der Waals surface area contributed by atoms with Gasteiger partial charge in [-0.2, -0.15) is 4.31 Å². The molecule has 1 amide bonds. The highest BCUT2D eigenvalue weighted by Crippen LogP contribution is 2.25. The minimum atomic E-state index is -3.50. The predicted octanol–water partition coefficient (Wildman–Crippen LogP) is 1.82. The molecule has 150 valence electrons. The molecule has 2 aromatic rings. The van der Waals surface area contributed by atoms with Crippen LogP contribution in [0.5, 0.6) is 0 Å². The Morgan fingerprint density at radius 1 is 1.21 bits per heavy atom. The summed E-state index contributed by atoms with van der Waals surface area (Å²) in [6.07, 6.45) is 1.59. The minimum absolute atomic E-state index is 0.0249. The number of amides is 1. The fourth-order valence-corrected chi connectivity index (χ4v) is 5.37. The van der Waals surface area contributed by atoms with Gasteiger partial charge in [-0.05, 0) is 11.6 Å². The van der Waals surface area contributed by atoms with Crippen molar-refractivity contribution in [3.05, 3.63) is 41.3 Å². The fourth-order valence-electron chi connectivity index (χ4n) is 2.59. The second-order valence-electron chi connectivity index (χ2n) is 5.95. The molecule has 1 aliphatic rings. The van der Waals surface area contributed by atoms with Gasteiger partial charge in [0.2, 0.25) is 21.1 Å². The van der Waals surface area contributed by atoms with Gasteiger partial charge in [-0.15, -0.1) is 10.2 Å². The normalized spacial score (nSPS) is 15.8. The van der Waals surface area contributed by atoms with Gasteiger partial charge in [-0.1, -0.05) is 53.4 Å². The van der Waals surface area contributed by atoms with Crippen LogP contribution in [0.15, 0.2) is 40.1 Å². The summed E-state index contributed by atoms with van der Waals surface area (Å²) in [6.45, 7) is 1.35. The molecule has 0 saturated carbocycles. The second-order valence-corrected chi connectivity index (χ2v) is 9.97. The van der Waals surface area contributed by atoms with Gasteiger partial charge in [0.1, 0.15) is 0 Å². The first-order chi connectivity index (χ1) is 13.5. The van der Waals surface area contributed by atoms with Crippen LogP contribution in [0.4, 0.5) is 5.13 Å². The topological polar surface area (TPSA) is 95.5 Å². The Bertz CT molecular complexity index is 923. The molecule has 1 N–H and O–H groups in total. The summed E-state index contributed by atoms with van der Waals surface area (Å²) in [5.41, 5.74) is 0.829. The summed E-state index contributed by atoms with van der Waals surface area (Å²) in [6, 6.07) is 9.28. The lowest BCUT2D eigenvalue weighted by Gasteiger charge is -2.33. The number of rotatable bonds is 7. The van der Waals surface area contributed by atoms with E-state index in [-0.39, 0.29) is 11.7 Å². The number of carbonyl (C=O) groups excluding carboxylic acids is 1. The van der Waals surface area contributed by atoms with E-state index in [0.29, 0.717) is 31.3 Å². The summed E-state index contributed by atoms with van der Waals surface area (Å²) in [7, 11) is -1.73. The molecule has 28 heavy (non-hydrogen) atoms. The molecule has 0 radical (unpaired) electrons. The number of carbonyl (C=O) groups is 1. The van der Waals surface area contributed by atoms with Crippen molar-refractivity contribution in [2.45, 2.75) is 4.34 Å². The van der Waals surface area contributed by atoms with E-state index < -0.39 is 10.0 Å². The summed E-state index contributed by atoms with van der Waals surface area (Å²) >= 11 is 2.73. The molecular weight excluding hydrogens is 418 g/mol. The van der Waals surface area contributed by atoms with Crippen molar-refractivity contribution >= 4 is 50.2 Å². The average Bonchev–Trinajstić information content (AvgIpc) is 3.19. The number of aromatic nitrogens is 2. The highest BCUT2D eigenvalue weighted by atomic mass is 32.2. The first-order valence-electron chi connectivity index (χ1n) is 8.63. The fraction of sp³-hybridized carbons (Fsp3) is 0.353. The molecular formula is C17H21N5O3S3. The number of benzene rings is 1. The van der Waals surface area contributed by atoms with Crippen LogP contribution in [0.3, 0.4) is 0 Å². The Morgan fingerprint density at radius 2 is 1.93 bits per heavy atom. The van der Waals surface area contributed by atoms with Crippen molar-refractivity contribution in [2.75, 3.05) is 44.3 Å². The molecule has 8 nitrogen and oxygen atoms in total. The third kappa shape index (κ3) is 5.53. The van der Waals surface area contributed by atoms with Gasteiger partial charge in [-0.25, -0.2) is 8.42 Å². The van der Waals surface area contributed by atoms with E-state index in [1.165, 1.54) is 32.8 Å². The Kier molecular flexibility index (Phi) is 7.05. The highest BCUT2D eigenvalue weighted by molar-refractivity contribution is 8.01. The molecule has 0 aliphatic carbocycles. The zero-order valence-corrected chi connectivity index (χ0v) is 17.8. The van der Waals surface area contributed by atoms with Crippen molar-refractivity contribution in [2.24, 2.45) is 0 Å². The van der Waals surface area contributed by atoms with Crippen LogP contribution >= 0.6 is 23.1 Å². The summed E-state index contributed by atoms with van der Waals surface area (Å²) in [5.74, 6) is 0.238. The van der Waals surface area contributed by atoms with Gasteiger partial charge in [0, 0.05) is 38.6 Å². The third-order valence-electron chi connectivity index (χ3n) is 4.12. The van der Waals surface area contributed by atoms with Gasteiger partial charge >= 0.3 is 0 Å². The van der Waals surface area contributed by atoms with Crippen LogP contribution in [0.25, 0.3) is 6.08 Å². The number of piperazine rings is 1. The van der Waals surface area contributed by atoms with Crippen LogP contribution in [0.2, 0.25) is 0 Å². The van der Waals surface area contributed by atoms with Crippen molar-refractivity contribution in [3.8, 4) is 0 Å². The molecule has 2 heterocycles. The molecule has 1 aromatic heterocycles. The summed E-state index contributed by atoms with van der Waals surface area (Å²) in [4.78, 5) is 14.1. The number of thioether (sulfide) groups is 1. The van der Waals surface area contributed by atoms with E-state index in [0.717, 1.165) is 9.90 Å². The predicted molar refractivity (Wildman–Crippen MR) is 113 cm³/mol. The SMILES string of the molecule is CNc1nnc(SCC(=O)N2CCN(S(=O)(=O)/C=C/c3ccccc3)CC2)s1. The first kappa shape index (κ1) is 20.8. The molecule has 0 bridgehead atoms. The zero-order valence-electron chi connectivity index (χ0n) is 15.3. The van der Waals surface area contributed by atoms with Crippen LogP contribution in [0.1, 0.15) is 5.56 Å². The number of sulfonamides is 1. The second kappa shape index (κ2) is 9.50. The lowest BCUT2D eigenvalue weighted by atomic mass is 10.2. The van der Waals surface area contributed by atoms with Crippen molar-refractivity contribution in [1.82, 2.24) is 19.4 Å². The van der Waals surface area contributed by atoms with Gasteiger partial charge < -0.3 is 10.2 Å². The lowest BCUT2D eigenvalue weighted by molar-refractivity contribution is -0.129. The quantitative estimate of drug-likeness (QED) is 0.658. The van der Waals surface area contributed by atoms with Gasteiger partial charge in [-0.3, -0.25) is 4.79 Å². The molecule has 1 aromatic carbocycles. The maximum atomic E-state index is 12.5. The molecule has 11 heteroatoms.